The van der Waals surface area contributed by atoms with Crippen LogP contribution in [0.25, 0.3) is 0 Å². The number of aromatic hydroxyl groups is 1. The molecule has 6 nitrogen and oxygen atoms in total. The molecule has 1 N–H and O–H groups in total. The molecular weight excluding hydrogens is 597 g/mol. The first kappa shape index (κ1) is 21.9. The van der Waals surface area contributed by atoms with E-state index in [1.807, 2.05) is 0 Å². The summed E-state index contributed by atoms with van der Waals surface area (Å²) >= 11 is 1.81. The zero-order valence-electron chi connectivity index (χ0n) is 10.8. The Balaban J connectivity index is 3.17. The number of benzene rings is 1. The molecular formula is C10H4F5I2O6S-. The van der Waals surface area contributed by atoms with Crippen LogP contribution in [-0.4, -0.2) is 28.6 Å². The summed E-state index contributed by atoms with van der Waals surface area (Å²) in [5.74, 6) is -2.55. The third-order valence-corrected chi connectivity index (χ3v) is 4.61. The van der Waals surface area contributed by atoms with Gasteiger partial charge in [0.25, 0.3) is 6.10 Å². The van der Waals surface area contributed by atoms with Gasteiger partial charge in [-0.15, -0.1) is 0 Å². The maximum absolute atomic E-state index is 13.5. The fourth-order valence-corrected chi connectivity index (χ4v) is 2.82. The molecule has 0 saturated heterocycles. The van der Waals surface area contributed by atoms with Crippen LogP contribution >= 0.6 is 57.2 Å². The number of hydrogen-bond donors (Lipinski definition) is 1. The Bertz CT molecular complexity index is 614. The zero-order valence-corrected chi connectivity index (χ0v) is 15.9. The van der Waals surface area contributed by atoms with Crippen LogP contribution in [0.5, 0.6) is 5.75 Å². The van der Waals surface area contributed by atoms with Crippen LogP contribution < -0.4 is 5.26 Å². The van der Waals surface area contributed by atoms with Gasteiger partial charge >= 0.3 is 17.4 Å². The molecule has 1 unspecified atom stereocenters. The highest BCUT2D eigenvalue weighted by Gasteiger charge is 2.60. The summed E-state index contributed by atoms with van der Waals surface area (Å²) in [5.41, 5.74) is -0.710. The smallest absolute Gasteiger partial charge is 0.432 e. The third kappa shape index (κ3) is 5.41. The second-order valence-electron chi connectivity index (χ2n) is 3.86. The number of phenolic OH excluding ortho intramolecular Hbond substituents is 1. The van der Waals surface area contributed by atoms with Gasteiger partial charge < -0.3 is 15.1 Å². The number of phenols is 1. The highest BCUT2D eigenvalue weighted by atomic mass is 127. The van der Waals surface area contributed by atoms with Gasteiger partial charge in [0, 0.05) is 3.57 Å². The molecule has 1 aromatic rings. The fraction of sp³-hybridized carbons (Fsp3) is 0.300. The fourth-order valence-electron chi connectivity index (χ4n) is 1.33. The number of carbonyl (C=O) groups is 1. The van der Waals surface area contributed by atoms with Crippen molar-refractivity contribution in [2.45, 2.75) is 17.5 Å². The summed E-state index contributed by atoms with van der Waals surface area (Å²) in [4.78, 5) is 11.8. The van der Waals surface area contributed by atoms with Crippen molar-refractivity contribution in [3.63, 3.8) is 0 Å². The lowest BCUT2D eigenvalue weighted by Crippen LogP contribution is -2.46. The van der Waals surface area contributed by atoms with E-state index in [0.717, 1.165) is 0 Å². The second-order valence-corrected chi connectivity index (χ2v) is 7.03. The zero-order chi connectivity index (χ0) is 18.7. The lowest BCUT2D eigenvalue weighted by atomic mass is 10.2. The van der Waals surface area contributed by atoms with Crippen molar-refractivity contribution in [3.05, 3.63) is 24.8 Å². The van der Waals surface area contributed by atoms with Gasteiger partial charge in [-0.2, -0.15) is 26.3 Å². The van der Waals surface area contributed by atoms with Gasteiger partial charge in [0.05, 0.1) is 3.57 Å². The number of halogens is 7. The minimum atomic E-state index is -5.69. The van der Waals surface area contributed by atoms with Crippen molar-refractivity contribution in [2.24, 2.45) is 0 Å². The number of rotatable bonds is 6. The average Bonchev–Trinajstić information content (AvgIpc) is 2.45. The predicted octanol–water partition coefficient (Wildman–Crippen LogP) is 3.15. The number of hydrogen-bond acceptors (Lipinski definition) is 7. The molecule has 0 radical (unpaired) electrons. The van der Waals surface area contributed by atoms with Crippen molar-refractivity contribution in [2.75, 3.05) is 0 Å². The van der Waals surface area contributed by atoms with Crippen LogP contribution in [-0.2, 0) is 14.1 Å². The molecule has 0 heterocycles. The molecule has 14 heteroatoms. The molecule has 0 amide bonds. The van der Waals surface area contributed by atoms with Gasteiger partial charge in [-0.1, -0.05) is 0 Å². The average molecular weight is 601 g/mol. The van der Waals surface area contributed by atoms with E-state index in [4.69, 9.17) is 0 Å². The van der Waals surface area contributed by atoms with Crippen LogP contribution in [0.3, 0.4) is 0 Å². The Kier molecular flexibility index (Phi) is 7.72. The predicted molar refractivity (Wildman–Crippen MR) is 83.5 cm³/mol. The largest absolute Gasteiger partial charge is 0.691 e. The maximum Gasteiger partial charge on any atom is 0.432 e. The van der Waals surface area contributed by atoms with Crippen LogP contribution in [0.2, 0.25) is 0 Å². The normalized spacial score (nSPS) is 13.7. The van der Waals surface area contributed by atoms with Crippen LogP contribution in [0, 0.1) is 7.14 Å². The van der Waals surface area contributed by atoms with E-state index in [-0.39, 0.29) is 7.14 Å². The van der Waals surface area contributed by atoms with Gasteiger partial charge in [0.2, 0.25) is 0 Å². The molecule has 1 rings (SSSR count). The van der Waals surface area contributed by atoms with Crippen molar-refractivity contribution < 1.29 is 51.2 Å². The third-order valence-electron chi connectivity index (χ3n) is 2.28. The van der Waals surface area contributed by atoms with Gasteiger partial charge in [0.15, 0.2) is 0 Å². The minimum Gasteiger partial charge on any atom is -0.691 e. The number of carbonyl (C=O) groups excluding carboxylic acids is 1. The van der Waals surface area contributed by atoms with Gasteiger partial charge in [-0.25, -0.2) is 4.79 Å². The molecule has 0 aromatic heterocycles. The first-order valence-corrected chi connectivity index (χ1v) is 8.28. The van der Waals surface area contributed by atoms with Gasteiger partial charge in [-0.3, -0.25) is 5.04 Å². The second kappa shape index (κ2) is 8.47. The van der Waals surface area contributed by atoms with Crippen LogP contribution in [0.15, 0.2) is 12.1 Å². The summed E-state index contributed by atoms with van der Waals surface area (Å²) in [6.45, 7) is 0. The van der Waals surface area contributed by atoms with E-state index in [9.17, 15) is 37.1 Å². The summed E-state index contributed by atoms with van der Waals surface area (Å²) in [6, 6.07) is 2.61. The minimum absolute atomic E-state index is 0.0217. The van der Waals surface area contributed by atoms with E-state index in [1.54, 1.807) is 22.6 Å². The first-order chi connectivity index (χ1) is 10.9. The summed E-state index contributed by atoms with van der Waals surface area (Å²) < 4.78 is 72.4. The van der Waals surface area contributed by atoms with E-state index in [0.29, 0.717) is 0 Å². The Morgan fingerprint density at radius 3 is 2.25 bits per heavy atom. The van der Waals surface area contributed by atoms with Crippen molar-refractivity contribution in [1.82, 2.24) is 0 Å². The molecule has 0 aliphatic heterocycles. The topological polar surface area (TPSA) is 88.1 Å². The van der Waals surface area contributed by atoms with E-state index in [1.165, 1.54) is 34.7 Å². The first-order valence-electron chi connectivity index (χ1n) is 5.38. The van der Waals surface area contributed by atoms with E-state index in [2.05, 4.69) is 14.1 Å². The molecule has 0 bridgehead atoms. The van der Waals surface area contributed by atoms with Crippen molar-refractivity contribution in [1.29, 1.82) is 0 Å². The Morgan fingerprint density at radius 1 is 1.21 bits per heavy atom. The number of ether oxygens (including phenoxy) is 1. The Labute approximate surface area is 162 Å². The van der Waals surface area contributed by atoms with Gasteiger partial charge in [-0.05, 0) is 57.3 Å². The van der Waals surface area contributed by atoms with E-state index < -0.39 is 46.9 Å². The van der Waals surface area contributed by atoms with Crippen molar-refractivity contribution >= 4 is 63.2 Å². The van der Waals surface area contributed by atoms with Crippen molar-refractivity contribution in [3.8, 4) is 5.75 Å². The number of alkyl halides is 5. The monoisotopic (exact) mass is 601 g/mol. The highest BCUT2D eigenvalue weighted by Crippen LogP contribution is 2.43. The lowest BCUT2D eigenvalue weighted by molar-refractivity contribution is -0.777. The molecule has 1 atom stereocenters. The molecule has 0 aliphatic rings. The molecule has 0 aliphatic carbocycles. The van der Waals surface area contributed by atoms with E-state index >= 15 is 0 Å². The van der Waals surface area contributed by atoms with Gasteiger partial charge in [0.1, 0.15) is 23.4 Å². The summed E-state index contributed by atoms with van der Waals surface area (Å²) in [7, 11) is 0. The lowest BCUT2D eigenvalue weighted by Gasteiger charge is -2.27. The maximum atomic E-state index is 13.5. The molecule has 0 spiro atoms. The summed E-state index contributed by atoms with van der Waals surface area (Å²) in [6.07, 6.45) is -9.65. The number of esters is 1. The molecule has 24 heavy (non-hydrogen) atoms. The summed E-state index contributed by atoms with van der Waals surface area (Å²) in [5, 5.41) is 16.9. The quantitative estimate of drug-likeness (QED) is 0.134. The Hall–Kier alpha value is -0.170. The SMILES string of the molecule is O=C(OC(C(F)(F)F)C(F)(F)SOO[O-])c1c(I)ccc(I)c1O. The molecule has 1 aromatic carbocycles. The standard InChI is InChI=1S/C10H5F5I2O6S/c11-9(12,13)8(10(14,15)24-23-22-20)21-7(19)5-3(16)1-2-4(17)6(5)18/h1-2,8,18,20H/p-1. The highest BCUT2D eigenvalue weighted by molar-refractivity contribution is 14.1. The van der Waals surface area contributed by atoms with Crippen LogP contribution in [0.4, 0.5) is 22.0 Å². The Morgan fingerprint density at radius 2 is 1.75 bits per heavy atom. The van der Waals surface area contributed by atoms with Crippen LogP contribution in [0.1, 0.15) is 10.4 Å². The molecule has 0 saturated carbocycles. The molecule has 0 fully saturated rings. The molecule has 136 valence electrons.